The Hall–Kier alpha value is -4.84. The molecule has 4 amide bonds. The summed E-state index contributed by atoms with van der Waals surface area (Å²) in [6.45, 7) is 3.38. The van der Waals surface area contributed by atoms with Crippen LogP contribution in [-0.4, -0.2) is 77.6 Å². The predicted octanol–water partition coefficient (Wildman–Crippen LogP) is 0.918. The Bertz CT molecular complexity index is 1550. The SMILES string of the molecule is CC(=O)C[C@@H](C=O)NC(=O)CN1C(=O)[C@@H](NC(=O)c2cccc3c(C)c(C)[nH]c23)CN(C(=O)CO)c2ccccc21. The first-order valence-electron chi connectivity index (χ1n) is 13.0. The van der Waals surface area contributed by atoms with E-state index in [2.05, 4.69) is 15.6 Å². The molecule has 12 heteroatoms. The number of aryl methyl sites for hydroxylation is 2. The number of carbonyl (C=O) groups is 6. The van der Waals surface area contributed by atoms with E-state index in [1.165, 1.54) is 17.9 Å². The highest BCUT2D eigenvalue weighted by Gasteiger charge is 2.38. The number of amides is 4. The average molecular weight is 562 g/mol. The Balaban J connectivity index is 1.70. The smallest absolute Gasteiger partial charge is 0.254 e. The fourth-order valence-electron chi connectivity index (χ4n) is 4.93. The molecule has 0 spiro atoms. The first-order chi connectivity index (χ1) is 19.5. The maximum absolute atomic E-state index is 13.9. The first-order valence-corrected chi connectivity index (χ1v) is 13.0. The monoisotopic (exact) mass is 561 g/mol. The number of aromatic amines is 1. The van der Waals surface area contributed by atoms with Gasteiger partial charge in [0, 0.05) is 17.5 Å². The second-order valence-corrected chi connectivity index (χ2v) is 9.92. The third-order valence-corrected chi connectivity index (χ3v) is 7.04. The van der Waals surface area contributed by atoms with E-state index in [1.54, 1.807) is 30.3 Å². The molecule has 0 aliphatic carbocycles. The molecule has 214 valence electrons. The normalized spacial score (nSPS) is 15.6. The van der Waals surface area contributed by atoms with Crippen molar-refractivity contribution in [3.8, 4) is 0 Å². The molecule has 0 bridgehead atoms. The summed E-state index contributed by atoms with van der Waals surface area (Å²) in [5.41, 5.74) is 3.18. The van der Waals surface area contributed by atoms with Gasteiger partial charge in [-0.1, -0.05) is 24.3 Å². The first kappa shape index (κ1) is 29.2. The van der Waals surface area contributed by atoms with Crippen molar-refractivity contribution in [2.24, 2.45) is 0 Å². The summed E-state index contributed by atoms with van der Waals surface area (Å²) in [5, 5.41) is 15.7. The van der Waals surface area contributed by atoms with E-state index < -0.39 is 48.9 Å². The third-order valence-electron chi connectivity index (χ3n) is 7.04. The van der Waals surface area contributed by atoms with E-state index in [9.17, 15) is 33.9 Å². The fourth-order valence-corrected chi connectivity index (χ4v) is 4.93. The predicted molar refractivity (Wildman–Crippen MR) is 151 cm³/mol. The third kappa shape index (κ3) is 6.02. The zero-order valence-corrected chi connectivity index (χ0v) is 22.9. The van der Waals surface area contributed by atoms with E-state index >= 15 is 0 Å². The minimum Gasteiger partial charge on any atom is -0.387 e. The zero-order valence-electron chi connectivity index (χ0n) is 22.9. The van der Waals surface area contributed by atoms with Crippen LogP contribution in [0.1, 0.15) is 35.0 Å². The molecule has 3 aromatic rings. The van der Waals surface area contributed by atoms with Crippen molar-refractivity contribution in [2.75, 3.05) is 29.5 Å². The van der Waals surface area contributed by atoms with Gasteiger partial charge in [-0.15, -0.1) is 0 Å². The lowest BCUT2D eigenvalue weighted by molar-refractivity contribution is -0.127. The van der Waals surface area contributed by atoms with Crippen LogP contribution in [0.2, 0.25) is 0 Å². The second kappa shape index (κ2) is 12.1. The maximum atomic E-state index is 13.9. The van der Waals surface area contributed by atoms with Crippen molar-refractivity contribution in [2.45, 2.75) is 39.3 Å². The van der Waals surface area contributed by atoms with Crippen LogP contribution in [0, 0.1) is 13.8 Å². The summed E-state index contributed by atoms with van der Waals surface area (Å²) < 4.78 is 0. The summed E-state index contributed by atoms with van der Waals surface area (Å²) in [6.07, 6.45) is 0.229. The largest absolute Gasteiger partial charge is 0.387 e. The van der Waals surface area contributed by atoms with Crippen molar-refractivity contribution in [1.82, 2.24) is 15.6 Å². The quantitative estimate of drug-likeness (QED) is 0.282. The number of hydrogen-bond donors (Lipinski definition) is 4. The Morgan fingerprint density at radius 1 is 1.10 bits per heavy atom. The number of aromatic nitrogens is 1. The summed E-state index contributed by atoms with van der Waals surface area (Å²) in [7, 11) is 0. The number of Topliss-reactive ketones (excluding diaryl/α,β-unsaturated/α-hetero) is 1. The molecule has 41 heavy (non-hydrogen) atoms. The van der Waals surface area contributed by atoms with Gasteiger partial charge >= 0.3 is 0 Å². The standard InChI is InChI=1S/C29H31N5O7/c1-16(37)11-19(14-35)31-25(38)13-34-24-10-5-4-9-23(24)33(26(39)15-36)12-22(29(34)41)32-28(40)21-8-6-7-20-17(2)18(3)30-27(20)21/h4-10,14,19,22,30,36H,11-13,15H2,1-3H3,(H,31,38)(H,32,40)/t19-,22-/m0/s1. The van der Waals surface area contributed by atoms with Gasteiger partial charge in [-0.2, -0.15) is 0 Å². The number of hydrogen-bond acceptors (Lipinski definition) is 7. The van der Waals surface area contributed by atoms with Gasteiger partial charge in [0.05, 0.1) is 35.0 Å². The van der Waals surface area contributed by atoms with Gasteiger partial charge in [-0.3, -0.25) is 28.9 Å². The molecule has 0 saturated carbocycles. The van der Waals surface area contributed by atoms with Crippen LogP contribution < -0.4 is 20.4 Å². The number of fused-ring (bicyclic) bond motifs is 2. The number of ketones is 1. The number of nitrogens with one attached hydrogen (secondary N) is 3. The van der Waals surface area contributed by atoms with Crippen LogP contribution in [0.3, 0.4) is 0 Å². The Morgan fingerprint density at radius 2 is 1.80 bits per heavy atom. The Labute approximate surface area is 235 Å². The number of benzene rings is 2. The fraction of sp³-hybridized carbons (Fsp3) is 0.310. The van der Waals surface area contributed by atoms with Gasteiger partial charge in [0.1, 0.15) is 31.3 Å². The number of H-pyrrole nitrogens is 1. The molecule has 1 aliphatic heterocycles. The number of aliphatic hydroxyl groups excluding tert-OH is 1. The van der Waals surface area contributed by atoms with E-state index in [4.69, 9.17) is 0 Å². The minimum atomic E-state index is -1.30. The van der Waals surface area contributed by atoms with Gasteiger partial charge in [-0.25, -0.2) is 0 Å². The van der Waals surface area contributed by atoms with E-state index in [-0.39, 0.29) is 35.7 Å². The van der Waals surface area contributed by atoms with Crippen LogP contribution in [0.25, 0.3) is 10.9 Å². The lowest BCUT2D eigenvalue weighted by Crippen LogP contribution is -2.55. The van der Waals surface area contributed by atoms with E-state index in [0.29, 0.717) is 11.8 Å². The number of aldehydes is 1. The number of nitrogens with zero attached hydrogens (tertiary/aromatic N) is 2. The van der Waals surface area contributed by atoms with Crippen molar-refractivity contribution in [3.05, 3.63) is 59.3 Å². The molecule has 12 nitrogen and oxygen atoms in total. The minimum absolute atomic E-state index is 0.193. The molecule has 1 aromatic heterocycles. The van der Waals surface area contributed by atoms with E-state index in [0.717, 1.165) is 21.5 Å². The molecule has 4 rings (SSSR count). The average Bonchev–Trinajstić information content (AvgIpc) is 3.19. The molecule has 0 radical (unpaired) electrons. The number of carbonyl (C=O) groups excluding carboxylic acids is 6. The molecule has 0 fully saturated rings. The van der Waals surface area contributed by atoms with Crippen LogP contribution in [0.4, 0.5) is 11.4 Å². The number of aliphatic hydroxyl groups is 1. The molecule has 0 unspecified atom stereocenters. The van der Waals surface area contributed by atoms with Crippen molar-refractivity contribution < 1.29 is 33.9 Å². The maximum Gasteiger partial charge on any atom is 0.254 e. The van der Waals surface area contributed by atoms with Gasteiger partial charge in [0.25, 0.3) is 17.7 Å². The molecule has 0 saturated heterocycles. The highest BCUT2D eigenvalue weighted by molar-refractivity contribution is 6.13. The number of rotatable bonds is 9. The van der Waals surface area contributed by atoms with E-state index in [1.807, 2.05) is 19.9 Å². The molecular weight excluding hydrogens is 530 g/mol. The molecule has 2 aromatic carbocycles. The van der Waals surface area contributed by atoms with Crippen LogP contribution >= 0.6 is 0 Å². The molecule has 1 aliphatic rings. The van der Waals surface area contributed by atoms with Crippen LogP contribution in [0.5, 0.6) is 0 Å². The van der Waals surface area contributed by atoms with Gasteiger partial charge in [0.2, 0.25) is 5.91 Å². The van der Waals surface area contributed by atoms with Gasteiger partial charge in [-0.05, 0) is 44.5 Å². The lowest BCUT2D eigenvalue weighted by Gasteiger charge is -2.25. The zero-order chi connectivity index (χ0) is 29.8. The highest BCUT2D eigenvalue weighted by Crippen LogP contribution is 2.33. The Morgan fingerprint density at radius 3 is 2.46 bits per heavy atom. The Kier molecular flexibility index (Phi) is 8.62. The highest BCUT2D eigenvalue weighted by atomic mass is 16.3. The van der Waals surface area contributed by atoms with Gasteiger partial charge < -0.3 is 30.4 Å². The molecule has 2 heterocycles. The summed E-state index contributed by atoms with van der Waals surface area (Å²) in [4.78, 5) is 81.6. The molecular formula is C29H31N5O7. The van der Waals surface area contributed by atoms with Gasteiger partial charge in [0.15, 0.2) is 0 Å². The molecule has 2 atom stereocenters. The van der Waals surface area contributed by atoms with Crippen molar-refractivity contribution in [1.29, 1.82) is 0 Å². The van der Waals surface area contributed by atoms with Crippen LogP contribution in [0.15, 0.2) is 42.5 Å². The van der Waals surface area contributed by atoms with Crippen molar-refractivity contribution in [3.63, 3.8) is 0 Å². The summed E-state index contributed by atoms with van der Waals surface area (Å²) in [6, 6.07) is 9.16. The van der Waals surface area contributed by atoms with Crippen LogP contribution in [-0.2, 0) is 24.0 Å². The topological polar surface area (TPSA) is 169 Å². The van der Waals surface area contributed by atoms with Crippen molar-refractivity contribution >= 4 is 58.0 Å². The second-order valence-electron chi connectivity index (χ2n) is 9.92. The number of para-hydroxylation sites is 3. The lowest BCUT2D eigenvalue weighted by atomic mass is 10.1. The summed E-state index contributed by atoms with van der Waals surface area (Å²) in [5.74, 6) is -3.00. The number of anilines is 2. The molecule has 4 N–H and O–H groups in total. The summed E-state index contributed by atoms with van der Waals surface area (Å²) >= 11 is 0.